The van der Waals surface area contributed by atoms with E-state index in [9.17, 15) is 4.79 Å². The molecule has 116 valence electrons. The second kappa shape index (κ2) is 7.70. The molecule has 2 rings (SSSR count). The van der Waals surface area contributed by atoms with Crippen LogP contribution in [0, 0.1) is 0 Å². The molecule has 0 aromatic carbocycles. The molecule has 0 unspecified atom stereocenters. The largest absolute Gasteiger partial charge is 0.369 e. The number of carbonyl (C=O) groups excluding carboxylic acids is 1. The Morgan fingerprint density at radius 3 is 2.81 bits per heavy atom. The summed E-state index contributed by atoms with van der Waals surface area (Å²) in [5, 5.41) is 3.47. The summed E-state index contributed by atoms with van der Waals surface area (Å²) in [5.41, 5.74) is 5.22. The van der Waals surface area contributed by atoms with E-state index in [-0.39, 0.29) is 5.91 Å². The molecule has 1 saturated heterocycles. The molecule has 6 nitrogen and oxygen atoms in total. The van der Waals surface area contributed by atoms with Gasteiger partial charge >= 0.3 is 0 Å². The van der Waals surface area contributed by atoms with Crippen molar-refractivity contribution in [3.8, 4) is 0 Å². The van der Waals surface area contributed by atoms with Gasteiger partial charge in [-0.05, 0) is 35.2 Å². The predicted octanol–water partition coefficient (Wildman–Crippen LogP) is 1.55. The van der Waals surface area contributed by atoms with E-state index < -0.39 is 0 Å². The molecule has 21 heavy (non-hydrogen) atoms. The summed E-state index contributed by atoms with van der Waals surface area (Å²) in [6.07, 6.45) is 3.88. The fourth-order valence-electron chi connectivity index (χ4n) is 2.54. The highest BCUT2D eigenvalue weighted by atomic mass is 79.9. The lowest BCUT2D eigenvalue weighted by Crippen LogP contribution is -2.43. The van der Waals surface area contributed by atoms with E-state index in [0.29, 0.717) is 12.6 Å². The van der Waals surface area contributed by atoms with Crippen molar-refractivity contribution in [2.75, 3.05) is 25.0 Å². The third kappa shape index (κ3) is 5.24. The van der Waals surface area contributed by atoms with Gasteiger partial charge in [0.15, 0.2) is 0 Å². The van der Waals surface area contributed by atoms with Crippen LogP contribution >= 0.6 is 15.9 Å². The van der Waals surface area contributed by atoms with E-state index in [2.05, 4.69) is 43.0 Å². The Balaban J connectivity index is 1.89. The van der Waals surface area contributed by atoms with Gasteiger partial charge in [-0.1, -0.05) is 6.92 Å². The fraction of sp³-hybridized carbons (Fsp3) is 0.643. The lowest BCUT2D eigenvalue weighted by Gasteiger charge is -2.31. The molecular formula is C14H22BrN5O. The summed E-state index contributed by atoms with van der Waals surface area (Å²) in [4.78, 5) is 21.9. The highest BCUT2D eigenvalue weighted by molar-refractivity contribution is 9.10. The molecule has 0 saturated carbocycles. The predicted molar refractivity (Wildman–Crippen MR) is 86.0 cm³/mol. The second-order valence-corrected chi connectivity index (χ2v) is 6.22. The van der Waals surface area contributed by atoms with Crippen molar-refractivity contribution < 1.29 is 4.79 Å². The SMILES string of the molecule is CCCc1nc(Br)cc(NC2CCN(CC(N)=O)CC2)n1. The number of hydrogen-bond donors (Lipinski definition) is 2. The first-order valence-electron chi connectivity index (χ1n) is 7.37. The molecule has 1 aliphatic rings. The molecule has 2 heterocycles. The average molecular weight is 356 g/mol. The van der Waals surface area contributed by atoms with Crippen LogP contribution in [0.15, 0.2) is 10.7 Å². The highest BCUT2D eigenvalue weighted by Crippen LogP contribution is 2.18. The van der Waals surface area contributed by atoms with Crippen molar-refractivity contribution in [3.05, 3.63) is 16.5 Å². The molecule has 1 fully saturated rings. The summed E-state index contributed by atoms with van der Waals surface area (Å²) in [7, 11) is 0. The van der Waals surface area contributed by atoms with Gasteiger partial charge in [0.05, 0.1) is 6.54 Å². The molecule has 1 aromatic heterocycles. The number of primary amides is 1. The Hall–Kier alpha value is -1.21. The first-order chi connectivity index (χ1) is 10.1. The highest BCUT2D eigenvalue weighted by Gasteiger charge is 2.20. The standard InChI is InChI=1S/C14H22BrN5O/c1-2-3-13-18-11(15)8-14(19-13)17-10-4-6-20(7-5-10)9-12(16)21/h8,10H,2-7,9H2,1H3,(H2,16,21)(H,17,18,19). The van der Waals surface area contributed by atoms with Crippen LogP contribution in [0.4, 0.5) is 5.82 Å². The molecule has 7 heteroatoms. The maximum atomic E-state index is 10.9. The van der Waals surface area contributed by atoms with E-state index in [1.807, 2.05) is 6.07 Å². The third-order valence-corrected chi connectivity index (χ3v) is 3.94. The van der Waals surface area contributed by atoms with Gasteiger partial charge in [-0.15, -0.1) is 0 Å². The number of aryl methyl sites for hydroxylation is 1. The summed E-state index contributed by atoms with van der Waals surface area (Å²) < 4.78 is 0.814. The number of rotatable bonds is 6. The van der Waals surface area contributed by atoms with Gasteiger partial charge in [0, 0.05) is 31.6 Å². The van der Waals surface area contributed by atoms with Gasteiger partial charge in [0.1, 0.15) is 16.2 Å². The van der Waals surface area contributed by atoms with Crippen LogP contribution in [-0.4, -0.2) is 46.5 Å². The number of hydrogen-bond acceptors (Lipinski definition) is 5. The molecule has 1 amide bonds. The zero-order valence-electron chi connectivity index (χ0n) is 12.3. The van der Waals surface area contributed by atoms with Crippen LogP contribution in [0.3, 0.4) is 0 Å². The molecule has 1 aliphatic heterocycles. The van der Waals surface area contributed by atoms with Gasteiger partial charge in [0.2, 0.25) is 5.91 Å². The number of halogens is 1. The Morgan fingerprint density at radius 1 is 1.48 bits per heavy atom. The number of nitrogens with zero attached hydrogens (tertiary/aromatic N) is 3. The lowest BCUT2D eigenvalue weighted by atomic mass is 10.1. The Labute approximate surface area is 133 Å². The molecule has 0 radical (unpaired) electrons. The van der Waals surface area contributed by atoms with E-state index in [4.69, 9.17) is 5.73 Å². The maximum absolute atomic E-state index is 10.9. The number of likely N-dealkylation sites (tertiary alicyclic amines) is 1. The number of piperidine rings is 1. The molecule has 0 atom stereocenters. The summed E-state index contributed by atoms with van der Waals surface area (Å²) >= 11 is 3.43. The minimum atomic E-state index is -0.259. The van der Waals surface area contributed by atoms with Crippen molar-refractivity contribution in [2.45, 2.75) is 38.6 Å². The summed E-state index contributed by atoms with van der Waals surface area (Å²) in [6, 6.07) is 2.29. The maximum Gasteiger partial charge on any atom is 0.231 e. The number of anilines is 1. The van der Waals surface area contributed by atoms with Crippen molar-refractivity contribution >= 4 is 27.7 Å². The lowest BCUT2D eigenvalue weighted by molar-refractivity contribution is -0.119. The van der Waals surface area contributed by atoms with Gasteiger partial charge in [-0.3, -0.25) is 9.69 Å². The molecular weight excluding hydrogens is 334 g/mol. The monoisotopic (exact) mass is 355 g/mol. The number of carbonyl (C=O) groups is 1. The number of amides is 1. The number of aromatic nitrogens is 2. The van der Waals surface area contributed by atoms with Crippen LogP contribution in [-0.2, 0) is 11.2 Å². The molecule has 0 bridgehead atoms. The minimum absolute atomic E-state index is 0.259. The third-order valence-electron chi connectivity index (χ3n) is 3.53. The second-order valence-electron chi connectivity index (χ2n) is 5.40. The Kier molecular flexibility index (Phi) is 5.93. The average Bonchev–Trinajstić information content (AvgIpc) is 2.40. The van der Waals surface area contributed by atoms with E-state index >= 15 is 0 Å². The number of nitrogens with one attached hydrogen (secondary N) is 1. The smallest absolute Gasteiger partial charge is 0.231 e. The summed E-state index contributed by atoms with van der Waals surface area (Å²) in [5.74, 6) is 1.47. The summed E-state index contributed by atoms with van der Waals surface area (Å²) in [6.45, 7) is 4.24. The van der Waals surface area contributed by atoms with Crippen molar-refractivity contribution in [2.24, 2.45) is 5.73 Å². The van der Waals surface area contributed by atoms with Crippen molar-refractivity contribution in [3.63, 3.8) is 0 Å². The molecule has 0 aliphatic carbocycles. The van der Waals surface area contributed by atoms with Crippen LogP contribution in [0.25, 0.3) is 0 Å². The van der Waals surface area contributed by atoms with Gasteiger partial charge in [-0.25, -0.2) is 9.97 Å². The zero-order chi connectivity index (χ0) is 15.2. The normalized spacial score (nSPS) is 16.9. The van der Waals surface area contributed by atoms with Crippen LogP contribution in [0.2, 0.25) is 0 Å². The molecule has 3 N–H and O–H groups in total. The zero-order valence-corrected chi connectivity index (χ0v) is 13.9. The molecule has 1 aromatic rings. The number of nitrogens with two attached hydrogens (primary N) is 1. The van der Waals surface area contributed by atoms with Crippen LogP contribution in [0.5, 0.6) is 0 Å². The quantitative estimate of drug-likeness (QED) is 0.756. The fourth-order valence-corrected chi connectivity index (χ4v) is 2.96. The minimum Gasteiger partial charge on any atom is -0.369 e. The van der Waals surface area contributed by atoms with E-state index in [0.717, 1.165) is 55.0 Å². The van der Waals surface area contributed by atoms with Crippen molar-refractivity contribution in [1.82, 2.24) is 14.9 Å². The first-order valence-corrected chi connectivity index (χ1v) is 8.16. The van der Waals surface area contributed by atoms with E-state index in [1.165, 1.54) is 0 Å². The van der Waals surface area contributed by atoms with Crippen LogP contribution < -0.4 is 11.1 Å². The molecule has 0 spiro atoms. The van der Waals surface area contributed by atoms with Gasteiger partial charge in [0.25, 0.3) is 0 Å². The first kappa shape index (κ1) is 16.2. The topological polar surface area (TPSA) is 84.1 Å². The van der Waals surface area contributed by atoms with Crippen molar-refractivity contribution in [1.29, 1.82) is 0 Å². The van der Waals surface area contributed by atoms with Gasteiger partial charge in [-0.2, -0.15) is 0 Å². The van der Waals surface area contributed by atoms with Gasteiger partial charge < -0.3 is 11.1 Å². The Morgan fingerprint density at radius 2 is 2.19 bits per heavy atom. The Bertz CT molecular complexity index is 488. The van der Waals surface area contributed by atoms with E-state index in [1.54, 1.807) is 0 Å². The van der Waals surface area contributed by atoms with Crippen LogP contribution in [0.1, 0.15) is 32.0 Å².